The zero-order valence-electron chi connectivity index (χ0n) is 8.83. The summed E-state index contributed by atoms with van der Waals surface area (Å²) in [7, 11) is 0. The molecule has 82 valence electrons. The van der Waals surface area contributed by atoms with Crippen molar-refractivity contribution in [3.63, 3.8) is 0 Å². The molecule has 0 amide bonds. The average molecular weight is 235 g/mol. The fraction of sp³-hybridized carbons (Fsp3) is 0.167. The lowest BCUT2D eigenvalue weighted by Gasteiger charge is -2.03. The first kappa shape index (κ1) is 10.9. The third-order valence-corrected chi connectivity index (χ3v) is 2.87. The number of nitrogens with zero attached hydrogens (tertiary/aromatic N) is 1. The maximum atomic E-state index is 10.8. The lowest BCUT2D eigenvalue weighted by molar-refractivity contribution is 0.112. The molecule has 0 aliphatic carbocycles. The molecule has 2 rings (SSSR count). The van der Waals surface area contributed by atoms with Gasteiger partial charge in [0.25, 0.3) is 0 Å². The van der Waals surface area contributed by atoms with Crippen molar-refractivity contribution in [2.24, 2.45) is 0 Å². The number of rotatable bonds is 3. The van der Waals surface area contributed by atoms with Crippen LogP contribution in [-0.4, -0.2) is 16.5 Å². The van der Waals surface area contributed by atoms with Gasteiger partial charge in [-0.25, -0.2) is 0 Å². The minimum absolute atomic E-state index is 0.235. The second-order valence-electron chi connectivity index (χ2n) is 3.63. The van der Waals surface area contributed by atoms with Gasteiger partial charge in [0.1, 0.15) is 0 Å². The van der Waals surface area contributed by atoms with Gasteiger partial charge in [0, 0.05) is 6.42 Å². The van der Waals surface area contributed by atoms with Crippen LogP contribution < -0.4 is 0 Å². The molecule has 1 aromatic heterocycles. The summed E-state index contributed by atoms with van der Waals surface area (Å²) in [6.45, 7) is 2.04. The first-order valence-corrected chi connectivity index (χ1v) is 5.32. The van der Waals surface area contributed by atoms with Crippen LogP contribution in [0.1, 0.15) is 27.2 Å². The first-order chi connectivity index (χ1) is 7.72. The van der Waals surface area contributed by atoms with Crippen LogP contribution in [-0.2, 0) is 6.42 Å². The lowest BCUT2D eigenvalue weighted by atomic mass is 10.0. The van der Waals surface area contributed by atoms with E-state index < -0.39 is 0 Å². The third-order valence-electron chi connectivity index (χ3n) is 2.58. The predicted molar refractivity (Wildman–Crippen MR) is 63.0 cm³/mol. The van der Waals surface area contributed by atoms with Crippen molar-refractivity contribution in [2.75, 3.05) is 0 Å². The molecular formula is C12H11ClN2O. The van der Waals surface area contributed by atoms with Gasteiger partial charge in [0.2, 0.25) is 0 Å². The summed E-state index contributed by atoms with van der Waals surface area (Å²) >= 11 is 5.78. The van der Waals surface area contributed by atoms with E-state index in [2.05, 4.69) is 10.2 Å². The summed E-state index contributed by atoms with van der Waals surface area (Å²) in [5.41, 5.74) is 3.55. The molecular weight excluding hydrogens is 224 g/mol. The van der Waals surface area contributed by atoms with Crippen molar-refractivity contribution in [1.82, 2.24) is 10.2 Å². The molecule has 0 bridgehead atoms. The van der Waals surface area contributed by atoms with Gasteiger partial charge in [-0.3, -0.25) is 9.89 Å². The molecule has 0 aliphatic heterocycles. The van der Waals surface area contributed by atoms with Crippen LogP contribution in [0.4, 0.5) is 0 Å². The molecule has 16 heavy (non-hydrogen) atoms. The van der Waals surface area contributed by atoms with Gasteiger partial charge in [-0.1, -0.05) is 35.9 Å². The zero-order chi connectivity index (χ0) is 11.5. The van der Waals surface area contributed by atoms with Gasteiger partial charge >= 0.3 is 0 Å². The topological polar surface area (TPSA) is 45.8 Å². The number of hydrogen-bond acceptors (Lipinski definition) is 2. The fourth-order valence-electron chi connectivity index (χ4n) is 1.61. The summed E-state index contributed by atoms with van der Waals surface area (Å²) in [5.74, 6) is 0. The number of aryl methyl sites for hydroxylation is 1. The van der Waals surface area contributed by atoms with E-state index in [1.807, 2.05) is 31.2 Å². The summed E-state index contributed by atoms with van der Waals surface area (Å²) in [4.78, 5) is 10.8. The fourth-order valence-corrected chi connectivity index (χ4v) is 1.82. The van der Waals surface area contributed by atoms with E-state index >= 15 is 0 Å². The number of nitrogens with one attached hydrogen (secondary N) is 1. The van der Waals surface area contributed by atoms with Crippen LogP contribution in [0.5, 0.6) is 0 Å². The Labute approximate surface area is 98.4 Å². The number of benzene rings is 1. The molecule has 0 aliphatic rings. The average Bonchev–Trinajstić information content (AvgIpc) is 2.63. The summed E-state index contributed by atoms with van der Waals surface area (Å²) in [5, 5.41) is 6.84. The molecule has 1 aromatic carbocycles. The van der Waals surface area contributed by atoms with Crippen molar-refractivity contribution in [1.29, 1.82) is 0 Å². The lowest BCUT2D eigenvalue weighted by Crippen LogP contribution is -1.95. The van der Waals surface area contributed by atoms with Crippen LogP contribution >= 0.6 is 11.6 Å². The van der Waals surface area contributed by atoms with E-state index in [1.165, 1.54) is 5.56 Å². The van der Waals surface area contributed by atoms with E-state index in [0.29, 0.717) is 12.0 Å². The summed E-state index contributed by atoms with van der Waals surface area (Å²) in [6.07, 6.45) is 1.37. The Bertz CT molecular complexity index is 519. The molecule has 0 saturated heterocycles. The molecule has 0 spiro atoms. The molecule has 0 atom stereocenters. The smallest absolute Gasteiger partial charge is 0.161 e. The van der Waals surface area contributed by atoms with E-state index in [9.17, 15) is 4.79 Å². The number of aromatic nitrogens is 2. The van der Waals surface area contributed by atoms with Crippen molar-refractivity contribution in [3.8, 4) is 0 Å². The first-order valence-electron chi connectivity index (χ1n) is 4.95. The number of carbonyl (C=O) groups is 1. The minimum atomic E-state index is 0.235. The Balaban J connectivity index is 2.34. The van der Waals surface area contributed by atoms with E-state index in [0.717, 1.165) is 17.5 Å². The van der Waals surface area contributed by atoms with Crippen LogP contribution in [0.3, 0.4) is 0 Å². The Morgan fingerprint density at radius 3 is 2.88 bits per heavy atom. The monoisotopic (exact) mass is 234 g/mol. The number of aromatic amines is 1. The van der Waals surface area contributed by atoms with E-state index in [4.69, 9.17) is 11.6 Å². The normalized spacial score (nSPS) is 10.4. The van der Waals surface area contributed by atoms with Crippen molar-refractivity contribution in [2.45, 2.75) is 13.3 Å². The standard InChI is InChI=1S/C12H11ClN2O/c1-8-4-2-3-5-9(8)6-11-10(7-16)12(13)15-14-11/h2-5,7H,6H2,1H3,(H,14,15). The molecule has 4 heteroatoms. The van der Waals surface area contributed by atoms with Gasteiger partial charge in [-0.05, 0) is 18.1 Å². The maximum absolute atomic E-state index is 10.8. The van der Waals surface area contributed by atoms with E-state index in [-0.39, 0.29) is 5.15 Å². The molecule has 2 aromatic rings. The minimum Gasteiger partial charge on any atom is -0.298 e. The van der Waals surface area contributed by atoms with Crippen molar-refractivity contribution < 1.29 is 4.79 Å². The van der Waals surface area contributed by atoms with Gasteiger partial charge in [-0.15, -0.1) is 0 Å². The predicted octanol–water partition coefficient (Wildman–Crippen LogP) is 2.77. The second kappa shape index (κ2) is 4.49. The molecule has 0 saturated carbocycles. The van der Waals surface area contributed by atoms with Gasteiger partial charge in [0.15, 0.2) is 11.4 Å². The second-order valence-corrected chi connectivity index (χ2v) is 3.99. The Morgan fingerprint density at radius 2 is 2.19 bits per heavy atom. The Kier molecular flexibility index (Phi) is 3.06. The van der Waals surface area contributed by atoms with Crippen LogP contribution in [0, 0.1) is 6.92 Å². The highest BCUT2D eigenvalue weighted by atomic mass is 35.5. The van der Waals surface area contributed by atoms with Gasteiger partial charge in [0.05, 0.1) is 11.3 Å². The van der Waals surface area contributed by atoms with Crippen molar-refractivity contribution in [3.05, 3.63) is 51.8 Å². The number of aldehydes is 1. The Morgan fingerprint density at radius 1 is 1.44 bits per heavy atom. The third kappa shape index (κ3) is 1.99. The highest BCUT2D eigenvalue weighted by Gasteiger charge is 2.11. The molecule has 3 nitrogen and oxygen atoms in total. The van der Waals surface area contributed by atoms with E-state index in [1.54, 1.807) is 0 Å². The SMILES string of the molecule is Cc1ccccc1Cc1[nH]nc(Cl)c1C=O. The number of carbonyl (C=O) groups excluding carboxylic acids is 1. The van der Waals surface area contributed by atoms with Gasteiger partial charge < -0.3 is 0 Å². The van der Waals surface area contributed by atoms with Crippen LogP contribution in [0.25, 0.3) is 0 Å². The molecule has 0 fully saturated rings. The molecule has 1 heterocycles. The quantitative estimate of drug-likeness (QED) is 0.830. The van der Waals surface area contributed by atoms with Crippen molar-refractivity contribution >= 4 is 17.9 Å². The largest absolute Gasteiger partial charge is 0.298 e. The number of halogens is 1. The van der Waals surface area contributed by atoms with Gasteiger partial charge in [-0.2, -0.15) is 5.10 Å². The maximum Gasteiger partial charge on any atom is 0.161 e. The summed E-state index contributed by atoms with van der Waals surface area (Å²) in [6, 6.07) is 8.02. The van der Waals surface area contributed by atoms with Crippen LogP contribution in [0.2, 0.25) is 5.15 Å². The molecule has 1 N–H and O–H groups in total. The Hall–Kier alpha value is -1.61. The zero-order valence-corrected chi connectivity index (χ0v) is 9.58. The number of H-pyrrole nitrogens is 1. The highest BCUT2D eigenvalue weighted by Crippen LogP contribution is 2.19. The number of hydrogen-bond donors (Lipinski definition) is 1. The van der Waals surface area contributed by atoms with Crippen LogP contribution in [0.15, 0.2) is 24.3 Å². The summed E-state index contributed by atoms with van der Waals surface area (Å²) < 4.78 is 0. The molecule has 0 radical (unpaired) electrons. The highest BCUT2D eigenvalue weighted by molar-refractivity contribution is 6.31. The molecule has 0 unspecified atom stereocenters.